The Balaban J connectivity index is 1.99. The maximum absolute atomic E-state index is 13.9. The van der Waals surface area contributed by atoms with Gasteiger partial charge in [-0.05, 0) is 19.8 Å². The number of carbonyl (C=O) groups is 1. The molecule has 0 unspecified atom stereocenters. The van der Waals surface area contributed by atoms with Gasteiger partial charge in [0.2, 0.25) is 5.78 Å². The predicted octanol–water partition coefficient (Wildman–Crippen LogP) is 3.14. The zero-order valence-corrected chi connectivity index (χ0v) is 10.8. The van der Waals surface area contributed by atoms with E-state index in [2.05, 4.69) is 5.10 Å². The lowest BCUT2D eigenvalue weighted by atomic mass is 9.92. The molecule has 7 heteroatoms. The summed E-state index contributed by atoms with van der Waals surface area (Å²) in [5.74, 6) is -0.910. The Kier molecular flexibility index (Phi) is 3.10. The van der Waals surface area contributed by atoms with Crippen molar-refractivity contribution in [1.29, 1.82) is 0 Å². The van der Waals surface area contributed by atoms with Crippen molar-refractivity contribution >= 4 is 5.78 Å². The van der Waals surface area contributed by atoms with Crippen LogP contribution >= 0.6 is 0 Å². The summed E-state index contributed by atoms with van der Waals surface area (Å²) in [4.78, 5) is 11.6. The highest BCUT2D eigenvalue weighted by Gasteiger charge is 2.47. The molecule has 5 atom stereocenters. The Morgan fingerprint density at radius 1 is 1.10 bits per heavy atom. The molecular formula is C13H14F4N2O. The third kappa shape index (κ3) is 1.78. The molecule has 3 rings (SSSR count). The minimum Gasteiger partial charge on any atom is -0.291 e. The Hall–Kier alpha value is -1.40. The van der Waals surface area contributed by atoms with Crippen LogP contribution in [0.4, 0.5) is 17.6 Å². The monoisotopic (exact) mass is 290 g/mol. The molecule has 2 aliphatic rings. The van der Waals surface area contributed by atoms with E-state index in [1.165, 1.54) is 11.6 Å². The number of aromatic nitrogens is 2. The van der Waals surface area contributed by atoms with E-state index >= 15 is 0 Å². The largest absolute Gasteiger partial charge is 0.291 e. The first-order valence-electron chi connectivity index (χ1n) is 6.61. The Bertz CT molecular complexity index is 559. The average Bonchev–Trinajstić information content (AvgIpc) is 2.86. The molecule has 0 N–H and O–H groups in total. The van der Waals surface area contributed by atoms with Crippen LogP contribution in [0.2, 0.25) is 0 Å². The van der Waals surface area contributed by atoms with Crippen molar-refractivity contribution in [3.8, 4) is 0 Å². The number of aryl methyl sites for hydroxylation is 1. The standard InChI is InChI=1S/C13H14F4N2O/c1-5-9-12(10(16)11(17)13(9)20)19(18-5)6-2-3-7(14)8(15)4-6/h6-8,10-11H,2-4H2,1H3/t6-,7-,8+,10-,11+/m0/s1. The normalized spacial score (nSPS) is 37.2. The number of alkyl halides is 4. The van der Waals surface area contributed by atoms with E-state index in [4.69, 9.17) is 0 Å². The molecule has 0 saturated heterocycles. The van der Waals surface area contributed by atoms with Crippen molar-refractivity contribution in [2.24, 2.45) is 0 Å². The molecule has 0 spiro atoms. The summed E-state index contributed by atoms with van der Waals surface area (Å²) >= 11 is 0. The van der Waals surface area contributed by atoms with Gasteiger partial charge in [0.25, 0.3) is 0 Å². The number of halogens is 4. The summed E-state index contributed by atoms with van der Waals surface area (Å²) in [5, 5.41) is 4.05. The number of carbonyl (C=O) groups excluding carboxylic acids is 1. The van der Waals surface area contributed by atoms with Crippen LogP contribution in [0.3, 0.4) is 0 Å². The minimum absolute atomic E-state index is 0.0173. The quantitative estimate of drug-likeness (QED) is 0.745. The van der Waals surface area contributed by atoms with E-state index in [1.807, 2.05) is 0 Å². The SMILES string of the molecule is Cc1nn([C@H]2CC[C@H](F)[C@H](F)C2)c2c1C(=O)[C@H](F)[C@@H]2F. The van der Waals surface area contributed by atoms with Crippen molar-refractivity contribution < 1.29 is 22.4 Å². The smallest absolute Gasteiger partial charge is 0.204 e. The molecule has 1 aromatic rings. The minimum atomic E-state index is -2.22. The molecule has 1 saturated carbocycles. The molecule has 2 aliphatic carbocycles. The Morgan fingerprint density at radius 2 is 1.80 bits per heavy atom. The van der Waals surface area contributed by atoms with Crippen molar-refractivity contribution in [2.45, 2.75) is 56.9 Å². The van der Waals surface area contributed by atoms with E-state index < -0.39 is 36.5 Å². The van der Waals surface area contributed by atoms with Gasteiger partial charge in [-0.15, -0.1) is 0 Å². The van der Waals surface area contributed by atoms with Gasteiger partial charge < -0.3 is 0 Å². The maximum atomic E-state index is 13.9. The van der Waals surface area contributed by atoms with Crippen LogP contribution in [-0.4, -0.2) is 34.1 Å². The number of Topliss-reactive ketones (excluding diaryl/α,β-unsaturated/α-hetero) is 1. The lowest BCUT2D eigenvalue weighted by Gasteiger charge is -2.28. The van der Waals surface area contributed by atoms with E-state index in [1.54, 1.807) is 0 Å². The summed E-state index contributed by atoms with van der Waals surface area (Å²) in [5.41, 5.74) is 0.0860. The second-order valence-electron chi connectivity index (χ2n) is 5.46. The molecule has 1 aromatic heterocycles. The fourth-order valence-corrected chi connectivity index (χ4v) is 3.10. The molecule has 3 nitrogen and oxygen atoms in total. The van der Waals surface area contributed by atoms with Gasteiger partial charge in [0, 0.05) is 6.42 Å². The third-order valence-electron chi connectivity index (χ3n) is 4.15. The highest BCUT2D eigenvalue weighted by Crippen LogP contribution is 2.42. The highest BCUT2D eigenvalue weighted by atomic mass is 19.2. The van der Waals surface area contributed by atoms with E-state index in [0.29, 0.717) is 6.42 Å². The van der Waals surface area contributed by atoms with Crippen LogP contribution < -0.4 is 0 Å². The fourth-order valence-electron chi connectivity index (χ4n) is 3.10. The molecule has 20 heavy (non-hydrogen) atoms. The van der Waals surface area contributed by atoms with Gasteiger partial charge in [-0.25, -0.2) is 17.6 Å². The van der Waals surface area contributed by atoms with Gasteiger partial charge in [0.05, 0.1) is 23.0 Å². The molecular weight excluding hydrogens is 276 g/mol. The summed E-state index contributed by atoms with van der Waals surface area (Å²) < 4.78 is 55.3. The first-order valence-corrected chi connectivity index (χ1v) is 6.61. The lowest BCUT2D eigenvalue weighted by Crippen LogP contribution is -2.30. The summed E-state index contributed by atoms with van der Waals surface area (Å²) in [6.45, 7) is 1.49. The summed E-state index contributed by atoms with van der Waals surface area (Å²) in [6, 6.07) is -0.532. The molecule has 1 heterocycles. The second-order valence-corrected chi connectivity index (χ2v) is 5.46. The molecule has 0 aromatic carbocycles. The fraction of sp³-hybridized carbons (Fsp3) is 0.692. The van der Waals surface area contributed by atoms with Gasteiger partial charge in [-0.2, -0.15) is 5.10 Å². The van der Waals surface area contributed by atoms with Crippen molar-refractivity contribution in [3.63, 3.8) is 0 Å². The number of rotatable bonds is 1. The average molecular weight is 290 g/mol. The van der Waals surface area contributed by atoms with Crippen LogP contribution in [0.25, 0.3) is 0 Å². The number of hydrogen-bond acceptors (Lipinski definition) is 2. The van der Waals surface area contributed by atoms with Gasteiger partial charge in [0.15, 0.2) is 12.3 Å². The van der Waals surface area contributed by atoms with Crippen molar-refractivity contribution in [2.75, 3.05) is 0 Å². The number of hydrogen-bond donors (Lipinski definition) is 0. The molecule has 0 bridgehead atoms. The zero-order valence-electron chi connectivity index (χ0n) is 10.8. The summed E-state index contributed by atoms with van der Waals surface area (Å²) in [6.07, 6.45) is -7.26. The molecule has 0 aliphatic heterocycles. The molecule has 110 valence electrons. The molecule has 1 fully saturated rings. The van der Waals surface area contributed by atoms with Crippen molar-refractivity contribution in [1.82, 2.24) is 9.78 Å². The third-order valence-corrected chi connectivity index (χ3v) is 4.15. The Morgan fingerprint density at radius 3 is 2.45 bits per heavy atom. The van der Waals surface area contributed by atoms with Crippen LogP contribution in [0.15, 0.2) is 0 Å². The zero-order chi connectivity index (χ0) is 14.6. The first kappa shape index (κ1) is 13.6. The topological polar surface area (TPSA) is 34.9 Å². The first-order chi connectivity index (χ1) is 9.41. The maximum Gasteiger partial charge on any atom is 0.204 e. The van der Waals surface area contributed by atoms with E-state index in [-0.39, 0.29) is 29.8 Å². The van der Waals surface area contributed by atoms with Gasteiger partial charge in [-0.1, -0.05) is 0 Å². The van der Waals surface area contributed by atoms with Crippen LogP contribution in [0, 0.1) is 6.92 Å². The Labute approximate surface area is 113 Å². The van der Waals surface area contributed by atoms with Gasteiger partial charge >= 0.3 is 0 Å². The highest BCUT2D eigenvalue weighted by molar-refractivity contribution is 6.05. The van der Waals surface area contributed by atoms with Crippen molar-refractivity contribution in [3.05, 3.63) is 17.0 Å². The number of fused-ring (bicyclic) bond motifs is 1. The predicted molar refractivity (Wildman–Crippen MR) is 62.7 cm³/mol. The van der Waals surface area contributed by atoms with Gasteiger partial charge in [-0.3, -0.25) is 9.48 Å². The second kappa shape index (κ2) is 4.56. The van der Waals surface area contributed by atoms with Gasteiger partial charge in [0.1, 0.15) is 12.3 Å². The van der Waals surface area contributed by atoms with Crippen LogP contribution in [0.1, 0.15) is 53.2 Å². The van der Waals surface area contributed by atoms with Crippen LogP contribution in [-0.2, 0) is 0 Å². The lowest BCUT2D eigenvalue weighted by molar-refractivity contribution is 0.0767. The molecule has 0 amide bonds. The van der Waals surface area contributed by atoms with Crippen LogP contribution in [0.5, 0.6) is 0 Å². The van der Waals surface area contributed by atoms with E-state index in [9.17, 15) is 22.4 Å². The number of ketones is 1. The van der Waals surface area contributed by atoms with E-state index in [0.717, 1.165) is 0 Å². The summed E-state index contributed by atoms with van der Waals surface area (Å²) in [7, 11) is 0. The molecule has 0 radical (unpaired) electrons. The number of nitrogens with zero attached hydrogens (tertiary/aromatic N) is 2.